The Kier molecular flexibility index (Phi) is 8.66. The summed E-state index contributed by atoms with van der Waals surface area (Å²) in [6.07, 6.45) is 0. The van der Waals surface area contributed by atoms with Crippen LogP contribution >= 0.6 is 0 Å². The molecule has 0 amide bonds. The highest BCUT2D eigenvalue weighted by atomic mass is 28.3. The molecule has 10 rings (SSSR count). The second-order valence-corrected chi connectivity index (χ2v) is 19.7. The van der Waals surface area contributed by atoms with Gasteiger partial charge in [-0.3, -0.25) is 0 Å². The first kappa shape index (κ1) is 34.5. The lowest BCUT2D eigenvalue weighted by atomic mass is 9.95. The molecule has 0 fully saturated rings. The normalized spacial score (nSPS) is 12.5. The van der Waals surface area contributed by atoms with E-state index in [9.17, 15) is 0 Å². The molecule has 0 spiro atoms. The molecule has 0 N–H and O–H groups in total. The Balaban J connectivity index is 1.13. The summed E-state index contributed by atoms with van der Waals surface area (Å²) >= 11 is 0. The summed E-state index contributed by atoms with van der Waals surface area (Å²) in [5, 5.41) is 5.59. The molecule has 1 aliphatic heterocycles. The molecule has 272 valence electrons. The number of hydrogen-bond donors (Lipinski definition) is 0. The van der Waals surface area contributed by atoms with E-state index in [-0.39, 0.29) is 0 Å². The quantitative estimate of drug-likeness (QED) is 0.143. The molecule has 0 saturated heterocycles. The van der Waals surface area contributed by atoms with Gasteiger partial charge in [0.1, 0.15) is 8.07 Å². The van der Waals surface area contributed by atoms with Crippen LogP contribution in [0.4, 0.5) is 34.1 Å². The van der Waals surface area contributed by atoms with Crippen LogP contribution in [-0.4, -0.2) is 8.07 Å². The molecule has 0 saturated carbocycles. The highest BCUT2D eigenvalue weighted by Crippen LogP contribution is 2.45. The Bertz CT molecular complexity index is 2710. The molecule has 0 aliphatic carbocycles. The summed E-state index contributed by atoms with van der Waals surface area (Å²) in [6, 6.07) is 79.7. The van der Waals surface area contributed by atoms with Gasteiger partial charge in [0, 0.05) is 33.8 Å². The topological polar surface area (TPSA) is 6.48 Å². The van der Waals surface area contributed by atoms with Gasteiger partial charge in [-0.1, -0.05) is 165 Å². The molecule has 1 heterocycles. The molecular weight excluding hydrogens is 705 g/mol. The van der Waals surface area contributed by atoms with E-state index >= 15 is 0 Å². The molecule has 9 aromatic carbocycles. The van der Waals surface area contributed by atoms with Crippen molar-refractivity contribution in [1.29, 1.82) is 0 Å². The van der Waals surface area contributed by atoms with E-state index in [1.807, 2.05) is 0 Å². The maximum atomic E-state index is 2.53. The van der Waals surface area contributed by atoms with Crippen molar-refractivity contribution in [2.45, 2.75) is 13.1 Å². The number of nitrogens with zero attached hydrogens (tertiary/aromatic N) is 2. The Morgan fingerprint density at radius 3 is 1.28 bits per heavy atom. The lowest BCUT2D eigenvalue weighted by Crippen LogP contribution is -2.56. The lowest BCUT2D eigenvalue weighted by molar-refractivity contribution is 1.28. The largest absolute Gasteiger partial charge is 0.311 e. The predicted octanol–water partition coefficient (Wildman–Crippen LogP) is 13.9. The van der Waals surface area contributed by atoms with E-state index < -0.39 is 8.07 Å². The molecule has 0 bridgehead atoms. The highest BCUT2D eigenvalue weighted by molar-refractivity contribution is 7.03. The zero-order chi connectivity index (χ0) is 38.3. The van der Waals surface area contributed by atoms with Crippen molar-refractivity contribution in [2.24, 2.45) is 0 Å². The Hall–Kier alpha value is -6.94. The molecule has 0 aromatic heterocycles. The first-order valence-corrected chi connectivity index (χ1v) is 22.8. The molecule has 1 aliphatic rings. The van der Waals surface area contributed by atoms with Crippen molar-refractivity contribution in [2.75, 3.05) is 9.80 Å². The summed E-state index contributed by atoms with van der Waals surface area (Å²) in [4.78, 5) is 4.82. The predicted molar refractivity (Wildman–Crippen MR) is 246 cm³/mol. The summed E-state index contributed by atoms with van der Waals surface area (Å²) < 4.78 is 0. The minimum absolute atomic E-state index is 1.13. The summed E-state index contributed by atoms with van der Waals surface area (Å²) in [5.74, 6) is 0. The van der Waals surface area contributed by atoms with Crippen molar-refractivity contribution < 1.29 is 0 Å². The number of fused-ring (bicyclic) bond motifs is 2. The second kappa shape index (κ2) is 14.3. The van der Waals surface area contributed by atoms with Crippen LogP contribution in [0.2, 0.25) is 13.1 Å². The van der Waals surface area contributed by atoms with Gasteiger partial charge in [0.2, 0.25) is 0 Å². The van der Waals surface area contributed by atoms with Gasteiger partial charge in [0.05, 0.1) is 5.69 Å². The smallest absolute Gasteiger partial charge is 0.113 e. The van der Waals surface area contributed by atoms with Crippen molar-refractivity contribution in [3.8, 4) is 33.4 Å². The van der Waals surface area contributed by atoms with Crippen LogP contribution in [0.15, 0.2) is 218 Å². The molecule has 3 heteroatoms. The lowest BCUT2D eigenvalue weighted by Gasteiger charge is -2.36. The Morgan fingerprint density at radius 1 is 0.316 bits per heavy atom. The third kappa shape index (κ3) is 6.14. The van der Waals surface area contributed by atoms with Gasteiger partial charge < -0.3 is 9.80 Å². The minimum atomic E-state index is -2.19. The summed E-state index contributed by atoms with van der Waals surface area (Å²) in [7, 11) is -2.19. The third-order valence-electron chi connectivity index (χ3n) is 11.7. The zero-order valence-corrected chi connectivity index (χ0v) is 33.2. The summed E-state index contributed by atoms with van der Waals surface area (Å²) in [6.45, 7) is 5.05. The van der Waals surface area contributed by atoms with E-state index in [0.717, 1.165) is 22.7 Å². The van der Waals surface area contributed by atoms with E-state index in [2.05, 4.69) is 241 Å². The molecule has 0 unspecified atom stereocenters. The van der Waals surface area contributed by atoms with Gasteiger partial charge in [-0.25, -0.2) is 0 Å². The van der Waals surface area contributed by atoms with Gasteiger partial charge in [0.25, 0.3) is 0 Å². The van der Waals surface area contributed by atoms with E-state index in [1.165, 1.54) is 65.9 Å². The van der Waals surface area contributed by atoms with E-state index in [4.69, 9.17) is 0 Å². The van der Waals surface area contributed by atoms with Gasteiger partial charge >= 0.3 is 0 Å². The van der Waals surface area contributed by atoms with Crippen molar-refractivity contribution >= 4 is 63.3 Å². The Labute approximate surface area is 336 Å². The molecule has 0 radical (unpaired) electrons. The summed E-state index contributed by atoms with van der Waals surface area (Å²) in [5.41, 5.74) is 14.4. The molecule has 2 nitrogen and oxygen atoms in total. The van der Waals surface area contributed by atoms with Crippen LogP contribution in [-0.2, 0) is 0 Å². The highest BCUT2D eigenvalue weighted by Gasteiger charge is 2.37. The number of para-hydroxylation sites is 2. The van der Waals surface area contributed by atoms with Crippen LogP contribution in [0, 0.1) is 0 Å². The van der Waals surface area contributed by atoms with Crippen molar-refractivity contribution in [1.82, 2.24) is 0 Å². The average Bonchev–Trinajstić information content (AvgIpc) is 3.28. The number of anilines is 6. The van der Waals surface area contributed by atoms with Gasteiger partial charge in [0.15, 0.2) is 0 Å². The van der Waals surface area contributed by atoms with Crippen molar-refractivity contribution in [3.05, 3.63) is 218 Å². The van der Waals surface area contributed by atoms with Crippen LogP contribution < -0.4 is 20.2 Å². The first-order valence-electron chi connectivity index (χ1n) is 19.8. The molecular formula is C54H42N2Si. The van der Waals surface area contributed by atoms with Crippen LogP contribution in [0.1, 0.15) is 0 Å². The maximum Gasteiger partial charge on any atom is 0.113 e. The molecule has 9 aromatic rings. The average molecular weight is 747 g/mol. The standard InChI is InChI=1S/C54H42N2Si/c1-57(2)52-25-15-24-50-51(37-36-49(54(50)52)48-35-34-47(38-53(48)57)55(43-20-11-5-12-21-43)44-22-13-6-14-23-44)56(45-30-26-41(27-31-45)39-16-7-3-8-17-39)46-32-28-42(29-33-46)40-18-9-4-10-19-40/h3-38H,1-2H3. The van der Waals surface area contributed by atoms with Crippen molar-refractivity contribution in [3.63, 3.8) is 0 Å². The number of benzene rings is 9. The maximum absolute atomic E-state index is 2.53. The fourth-order valence-corrected chi connectivity index (χ4v) is 11.9. The van der Waals surface area contributed by atoms with Crippen LogP contribution in [0.25, 0.3) is 44.2 Å². The third-order valence-corrected chi connectivity index (χ3v) is 15.2. The van der Waals surface area contributed by atoms with Crippen LogP contribution in [0.5, 0.6) is 0 Å². The number of hydrogen-bond acceptors (Lipinski definition) is 2. The van der Waals surface area contributed by atoms with E-state index in [1.54, 1.807) is 0 Å². The van der Waals surface area contributed by atoms with Gasteiger partial charge in [-0.2, -0.15) is 0 Å². The van der Waals surface area contributed by atoms with Gasteiger partial charge in [-0.05, 0) is 116 Å². The first-order chi connectivity index (χ1) is 28.0. The molecule has 0 atom stereocenters. The number of rotatable bonds is 8. The van der Waals surface area contributed by atoms with Crippen LogP contribution in [0.3, 0.4) is 0 Å². The zero-order valence-electron chi connectivity index (χ0n) is 32.2. The SMILES string of the molecule is C[Si]1(C)c2cc(N(c3ccccc3)c3ccccc3)ccc2-c2ccc(N(c3ccc(-c4ccccc4)cc3)c3ccc(-c4ccccc4)cc3)c3cccc1c23. The monoisotopic (exact) mass is 746 g/mol. The fraction of sp³-hybridized carbons (Fsp3) is 0.0370. The molecule has 57 heavy (non-hydrogen) atoms. The second-order valence-electron chi connectivity index (χ2n) is 15.4. The van der Waals surface area contributed by atoms with E-state index in [0.29, 0.717) is 0 Å². The van der Waals surface area contributed by atoms with Gasteiger partial charge in [-0.15, -0.1) is 0 Å². The fourth-order valence-electron chi connectivity index (χ4n) is 8.80. The Morgan fingerprint density at radius 2 is 0.754 bits per heavy atom. The minimum Gasteiger partial charge on any atom is -0.311 e.